The first kappa shape index (κ1) is 16.9. The van der Waals surface area contributed by atoms with Crippen LogP contribution in [0.25, 0.3) is 10.2 Å². The molecule has 26 heavy (non-hydrogen) atoms. The highest BCUT2D eigenvalue weighted by molar-refractivity contribution is 7.17. The summed E-state index contributed by atoms with van der Waals surface area (Å²) in [5.74, 6) is -0.150. The standard InChI is InChI=1S/C19H18N4OS2/c1-2-6-17-21-22-19(26-17)20-18(24)15-11-16-14(9-10-25-16)23(15)12-13-7-4-3-5-8-13/h3-5,7-11H,2,6,12H2,1H3,(H,20,22,24). The third kappa shape index (κ3) is 3.40. The Kier molecular flexibility index (Phi) is 4.81. The molecule has 0 aliphatic heterocycles. The van der Waals surface area contributed by atoms with Crippen LogP contribution in [0.3, 0.4) is 0 Å². The van der Waals surface area contributed by atoms with E-state index in [1.54, 1.807) is 11.3 Å². The fraction of sp³-hybridized carbons (Fsp3) is 0.211. The second-order valence-corrected chi connectivity index (χ2v) is 7.99. The molecule has 0 saturated carbocycles. The number of rotatable bonds is 6. The number of anilines is 1. The molecule has 1 amide bonds. The minimum Gasteiger partial charge on any atom is -0.331 e. The minimum atomic E-state index is -0.150. The average molecular weight is 383 g/mol. The molecule has 0 aliphatic rings. The van der Waals surface area contributed by atoms with E-state index in [0.717, 1.165) is 33.6 Å². The van der Waals surface area contributed by atoms with Gasteiger partial charge in [0, 0.05) is 13.0 Å². The molecule has 4 aromatic rings. The van der Waals surface area contributed by atoms with E-state index < -0.39 is 0 Å². The zero-order valence-electron chi connectivity index (χ0n) is 14.3. The van der Waals surface area contributed by atoms with E-state index in [4.69, 9.17) is 0 Å². The molecule has 0 saturated heterocycles. The number of benzene rings is 1. The summed E-state index contributed by atoms with van der Waals surface area (Å²) < 4.78 is 3.17. The van der Waals surface area contributed by atoms with Crippen LogP contribution < -0.4 is 5.32 Å². The highest BCUT2D eigenvalue weighted by Gasteiger charge is 2.18. The molecular formula is C19H18N4OS2. The summed E-state index contributed by atoms with van der Waals surface area (Å²) in [6.45, 7) is 2.75. The second kappa shape index (κ2) is 7.39. The van der Waals surface area contributed by atoms with Gasteiger partial charge >= 0.3 is 0 Å². The molecule has 0 unspecified atom stereocenters. The SMILES string of the molecule is CCCc1nnc(NC(=O)c2cc3sccc3n2Cc2ccccc2)s1. The highest BCUT2D eigenvalue weighted by atomic mass is 32.1. The third-order valence-electron chi connectivity index (χ3n) is 4.09. The van der Waals surface area contributed by atoms with E-state index >= 15 is 0 Å². The van der Waals surface area contributed by atoms with Crippen molar-refractivity contribution in [2.24, 2.45) is 0 Å². The first-order chi connectivity index (χ1) is 12.7. The van der Waals surface area contributed by atoms with Crippen LogP contribution >= 0.6 is 22.7 Å². The largest absolute Gasteiger partial charge is 0.331 e. The van der Waals surface area contributed by atoms with E-state index in [2.05, 4.69) is 50.6 Å². The molecule has 0 aliphatic carbocycles. The number of nitrogens with one attached hydrogen (secondary N) is 1. The van der Waals surface area contributed by atoms with Gasteiger partial charge in [0.05, 0.1) is 10.2 Å². The number of nitrogens with zero attached hydrogens (tertiary/aromatic N) is 3. The van der Waals surface area contributed by atoms with Crippen LogP contribution in [0.4, 0.5) is 5.13 Å². The zero-order chi connectivity index (χ0) is 17.9. The number of carbonyl (C=O) groups is 1. The van der Waals surface area contributed by atoms with Crippen LogP contribution in [0.2, 0.25) is 0 Å². The Morgan fingerprint density at radius 2 is 2.04 bits per heavy atom. The Bertz CT molecular complexity index is 1030. The number of carbonyl (C=O) groups excluding carboxylic acids is 1. The van der Waals surface area contributed by atoms with Crippen molar-refractivity contribution in [2.45, 2.75) is 26.3 Å². The van der Waals surface area contributed by atoms with Crippen molar-refractivity contribution in [3.63, 3.8) is 0 Å². The van der Waals surface area contributed by atoms with Crippen molar-refractivity contribution in [1.29, 1.82) is 0 Å². The topological polar surface area (TPSA) is 59.8 Å². The summed E-state index contributed by atoms with van der Waals surface area (Å²) in [6.07, 6.45) is 1.90. The molecule has 3 heterocycles. The fourth-order valence-corrected chi connectivity index (χ4v) is 4.54. The second-order valence-electron chi connectivity index (χ2n) is 5.98. The Labute approximate surface area is 159 Å². The molecule has 4 rings (SSSR count). The average Bonchev–Trinajstić information content (AvgIpc) is 3.34. The third-order valence-corrected chi connectivity index (χ3v) is 5.84. The van der Waals surface area contributed by atoms with E-state index in [1.165, 1.54) is 11.3 Å². The Balaban J connectivity index is 1.63. The molecule has 7 heteroatoms. The summed E-state index contributed by atoms with van der Waals surface area (Å²) in [7, 11) is 0. The summed E-state index contributed by atoms with van der Waals surface area (Å²) in [5.41, 5.74) is 2.88. The summed E-state index contributed by atoms with van der Waals surface area (Å²) in [4.78, 5) is 12.9. The number of aromatic nitrogens is 3. The van der Waals surface area contributed by atoms with Gasteiger partial charge in [-0.05, 0) is 29.5 Å². The van der Waals surface area contributed by atoms with Crippen LogP contribution in [-0.4, -0.2) is 20.7 Å². The maximum absolute atomic E-state index is 12.9. The van der Waals surface area contributed by atoms with Crippen LogP contribution in [0.5, 0.6) is 0 Å². The van der Waals surface area contributed by atoms with Gasteiger partial charge in [0.2, 0.25) is 5.13 Å². The lowest BCUT2D eigenvalue weighted by molar-refractivity contribution is 0.101. The van der Waals surface area contributed by atoms with Crippen LogP contribution in [0.15, 0.2) is 47.8 Å². The van der Waals surface area contributed by atoms with Gasteiger partial charge in [-0.1, -0.05) is 48.6 Å². The fourth-order valence-electron chi connectivity index (χ4n) is 2.88. The Morgan fingerprint density at radius 1 is 1.19 bits per heavy atom. The van der Waals surface area contributed by atoms with Crippen LogP contribution in [0, 0.1) is 0 Å². The smallest absolute Gasteiger partial charge is 0.274 e. The molecular weight excluding hydrogens is 364 g/mol. The highest BCUT2D eigenvalue weighted by Crippen LogP contribution is 2.27. The van der Waals surface area contributed by atoms with Gasteiger partial charge in [-0.15, -0.1) is 21.5 Å². The van der Waals surface area contributed by atoms with Gasteiger partial charge in [0.15, 0.2) is 0 Å². The lowest BCUT2D eigenvalue weighted by Crippen LogP contribution is -2.17. The van der Waals surface area contributed by atoms with Crippen LogP contribution in [-0.2, 0) is 13.0 Å². The predicted molar refractivity (Wildman–Crippen MR) is 107 cm³/mol. The molecule has 1 N–H and O–H groups in total. The van der Waals surface area contributed by atoms with Crippen molar-refractivity contribution >= 4 is 43.9 Å². The first-order valence-electron chi connectivity index (χ1n) is 8.49. The van der Waals surface area contributed by atoms with Gasteiger partial charge in [0.1, 0.15) is 10.7 Å². The van der Waals surface area contributed by atoms with Crippen molar-refractivity contribution < 1.29 is 4.79 Å². The zero-order valence-corrected chi connectivity index (χ0v) is 15.9. The van der Waals surface area contributed by atoms with Gasteiger partial charge in [0.25, 0.3) is 5.91 Å². The number of fused-ring (bicyclic) bond motifs is 1. The summed E-state index contributed by atoms with van der Waals surface area (Å²) >= 11 is 3.08. The number of amides is 1. The van der Waals surface area contributed by atoms with Gasteiger partial charge in [-0.25, -0.2) is 0 Å². The molecule has 0 bridgehead atoms. The van der Waals surface area contributed by atoms with Gasteiger partial charge in [-0.2, -0.15) is 0 Å². The van der Waals surface area contributed by atoms with Crippen molar-refractivity contribution in [3.8, 4) is 0 Å². The molecule has 132 valence electrons. The first-order valence-corrected chi connectivity index (χ1v) is 10.2. The number of hydrogen-bond acceptors (Lipinski definition) is 5. The van der Waals surface area contributed by atoms with Crippen LogP contribution in [0.1, 0.15) is 34.4 Å². The lowest BCUT2D eigenvalue weighted by Gasteiger charge is -2.10. The van der Waals surface area contributed by atoms with Gasteiger partial charge < -0.3 is 4.57 Å². The van der Waals surface area contributed by atoms with E-state index in [9.17, 15) is 4.79 Å². The molecule has 0 radical (unpaired) electrons. The van der Waals surface area contributed by atoms with Crippen molar-refractivity contribution in [1.82, 2.24) is 14.8 Å². The quantitative estimate of drug-likeness (QED) is 0.521. The van der Waals surface area contributed by atoms with E-state index in [0.29, 0.717) is 17.4 Å². The molecule has 0 fully saturated rings. The van der Waals surface area contributed by atoms with Crippen molar-refractivity contribution in [3.05, 3.63) is 64.1 Å². The molecule has 5 nitrogen and oxygen atoms in total. The maximum atomic E-state index is 12.9. The lowest BCUT2D eigenvalue weighted by atomic mass is 10.2. The number of aryl methyl sites for hydroxylation is 1. The van der Waals surface area contributed by atoms with E-state index in [-0.39, 0.29) is 5.91 Å². The monoisotopic (exact) mass is 382 g/mol. The summed E-state index contributed by atoms with van der Waals surface area (Å²) in [6, 6.07) is 14.2. The molecule has 1 aromatic carbocycles. The maximum Gasteiger partial charge on any atom is 0.274 e. The Morgan fingerprint density at radius 3 is 2.85 bits per heavy atom. The normalized spacial score (nSPS) is 11.1. The van der Waals surface area contributed by atoms with Crippen molar-refractivity contribution in [2.75, 3.05) is 5.32 Å². The number of thiophene rings is 1. The Hall–Kier alpha value is -2.51. The predicted octanol–water partition coefficient (Wildman–Crippen LogP) is 4.81. The summed E-state index contributed by atoms with van der Waals surface area (Å²) in [5, 5.41) is 14.7. The number of hydrogen-bond donors (Lipinski definition) is 1. The molecule has 0 spiro atoms. The van der Waals surface area contributed by atoms with Gasteiger partial charge in [-0.3, -0.25) is 10.1 Å². The molecule has 3 aromatic heterocycles. The van der Waals surface area contributed by atoms with E-state index in [1.807, 2.05) is 24.3 Å². The molecule has 0 atom stereocenters. The minimum absolute atomic E-state index is 0.150.